The van der Waals surface area contributed by atoms with E-state index in [9.17, 15) is 5.11 Å². The van der Waals surface area contributed by atoms with Crippen molar-refractivity contribution in [2.24, 2.45) is 11.7 Å². The molecule has 108 valence electrons. The number of nitrogens with two attached hydrogens (primary N) is 1. The molecule has 0 saturated carbocycles. The molecule has 3 nitrogen and oxygen atoms in total. The van der Waals surface area contributed by atoms with Crippen molar-refractivity contribution < 1.29 is 9.84 Å². The molecule has 2 aromatic carbocycles. The zero-order chi connectivity index (χ0) is 13.2. The van der Waals surface area contributed by atoms with E-state index in [1.165, 1.54) is 5.56 Å². The van der Waals surface area contributed by atoms with E-state index >= 15 is 0 Å². The molecule has 4 heteroatoms. The molecule has 1 saturated heterocycles. The maximum absolute atomic E-state index is 9.47. The van der Waals surface area contributed by atoms with Gasteiger partial charge in [0.2, 0.25) is 0 Å². The number of halogens is 1. The van der Waals surface area contributed by atoms with E-state index in [0.717, 1.165) is 36.8 Å². The van der Waals surface area contributed by atoms with Crippen molar-refractivity contribution in [3.8, 4) is 5.75 Å². The van der Waals surface area contributed by atoms with Crippen LogP contribution in [0.3, 0.4) is 0 Å². The Balaban J connectivity index is 0.00000147. The summed E-state index contributed by atoms with van der Waals surface area (Å²) in [5.74, 6) is 0.803. The summed E-state index contributed by atoms with van der Waals surface area (Å²) in [6, 6.07) is 11.7. The van der Waals surface area contributed by atoms with Gasteiger partial charge in [-0.05, 0) is 53.3 Å². The lowest BCUT2D eigenvalue weighted by molar-refractivity contribution is 0.0584. The van der Waals surface area contributed by atoms with Crippen LogP contribution in [0.15, 0.2) is 36.4 Å². The number of fused-ring (bicyclic) bond motifs is 1. The fourth-order valence-electron chi connectivity index (χ4n) is 2.81. The van der Waals surface area contributed by atoms with E-state index in [1.54, 1.807) is 12.1 Å². The fourth-order valence-corrected chi connectivity index (χ4v) is 2.81. The molecule has 0 unspecified atom stereocenters. The molecule has 0 radical (unpaired) electrons. The minimum atomic E-state index is 0. The van der Waals surface area contributed by atoms with Crippen molar-refractivity contribution in [3.63, 3.8) is 0 Å². The van der Waals surface area contributed by atoms with Crippen molar-refractivity contribution in [2.45, 2.75) is 18.9 Å². The van der Waals surface area contributed by atoms with Crippen LogP contribution in [0.4, 0.5) is 0 Å². The first kappa shape index (κ1) is 15.1. The predicted molar refractivity (Wildman–Crippen MR) is 83.3 cm³/mol. The largest absolute Gasteiger partial charge is 0.508 e. The van der Waals surface area contributed by atoms with Gasteiger partial charge < -0.3 is 15.6 Å². The van der Waals surface area contributed by atoms with E-state index in [0.29, 0.717) is 11.7 Å². The fraction of sp³-hybridized carbons (Fsp3) is 0.375. The molecule has 1 atom stereocenters. The van der Waals surface area contributed by atoms with Gasteiger partial charge in [0.05, 0.1) is 0 Å². The van der Waals surface area contributed by atoms with Crippen molar-refractivity contribution in [1.29, 1.82) is 0 Å². The number of rotatable bonds is 2. The highest BCUT2D eigenvalue weighted by atomic mass is 35.5. The van der Waals surface area contributed by atoms with E-state index in [2.05, 4.69) is 12.1 Å². The summed E-state index contributed by atoms with van der Waals surface area (Å²) < 4.78 is 5.39. The van der Waals surface area contributed by atoms with Crippen LogP contribution in [-0.4, -0.2) is 18.3 Å². The Kier molecular flexibility index (Phi) is 4.86. The number of phenolic OH excluding ortho intramolecular Hbond substituents is 1. The minimum absolute atomic E-state index is 0. The standard InChI is InChI=1S/C16H19NO2.ClH/c17-16(11-5-7-19-8-6-11)14-2-1-13-10-15(18)4-3-12(13)9-14;/h1-4,9-11,16,18H,5-8,17H2;1H/t16-;/m0./s1. The molecule has 20 heavy (non-hydrogen) atoms. The van der Waals surface area contributed by atoms with E-state index in [-0.39, 0.29) is 18.4 Å². The number of hydrogen-bond acceptors (Lipinski definition) is 3. The van der Waals surface area contributed by atoms with Crippen LogP contribution < -0.4 is 5.73 Å². The van der Waals surface area contributed by atoms with Gasteiger partial charge in [-0.25, -0.2) is 0 Å². The van der Waals surface area contributed by atoms with Crippen LogP contribution >= 0.6 is 12.4 Å². The van der Waals surface area contributed by atoms with Gasteiger partial charge >= 0.3 is 0 Å². The second kappa shape index (κ2) is 6.44. The van der Waals surface area contributed by atoms with Gasteiger partial charge in [0.15, 0.2) is 0 Å². The summed E-state index contributed by atoms with van der Waals surface area (Å²) in [6.07, 6.45) is 2.07. The van der Waals surface area contributed by atoms with Gasteiger partial charge in [-0.1, -0.05) is 18.2 Å². The highest BCUT2D eigenvalue weighted by molar-refractivity contribution is 5.85. The molecule has 0 amide bonds. The van der Waals surface area contributed by atoms with E-state index in [1.807, 2.05) is 12.1 Å². The molecule has 2 aromatic rings. The Morgan fingerprint density at radius 1 is 1.05 bits per heavy atom. The van der Waals surface area contributed by atoms with Crippen molar-refractivity contribution >= 4 is 23.2 Å². The normalized spacial score (nSPS) is 17.6. The van der Waals surface area contributed by atoms with Crippen molar-refractivity contribution in [1.82, 2.24) is 0 Å². The highest BCUT2D eigenvalue weighted by Gasteiger charge is 2.22. The number of phenols is 1. The first-order valence-corrected chi connectivity index (χ1v) is 6.80. The van der Waals surface area contributed by atoms with Crippen LogP contribution in [0.25, 0.3) is 10.8 Å². The van der Waals surface area contributed by atoms with Crippen molar-refractivity contribution in [2.75, 3.05) is 13.2 Å². The zero-order valence-corrected chi connectivity index (χ0v) is 12.1. The summed E-state index contributed by atoms with van der Waals surface area (Å²) in [4.78, 5) is 0. The molecule has 1 fully saturated rings. The van der Waals surface area contributed by atoms with Crippen LogP contribution in [0, 0.1) is 5.92 Å². The molecule has 3 N–H and O–H groups in total. The predicted octanol–water partition coefficient (Wildman–Crippen LogP) is 3.39. The maximum Gasteiger partial charge on any atom is 0.116 e. The van der Waals surface area contributed by atoms with Crippen LogP contribution in [0.1, 0.15) is 24.4 Å². The van der Waals surface area contributed by atoms with Crippen LogP contribution in [-0.2, 0) is 4.74 Å². The molecular weight excluding hydrogens is 274 g/mol. The molecule has 0 aliphatic carbocycles. The molecule has 3 rings (SSSR count). The number of benzene rings is 2. The monoisotopic (exact) mass is 293 g/mol. The Morgan fingerprint density at radius 3 is 2.45 bits per heavy atom. The topological polar surface area (TPSA) is 55.5 Å². The maximum atomic E-state index is 9.47. The highest BCUT2D eigenvalue weighted by Crippen LogP contribution is 2.30. The Morgan fingerprint density at radius 2 is 1.70 bits per heavy atom. The van der Waals surface area contributed by atoms with Gasteiger partial charge in [0.1, 0.15) is 5.75 Å². The number of ether oxygens (including phenoxy) is 1. The van der Waals surface area contributed by atoms with Gasteiger partial charge in [-0.2, -0.15) is 0 Å². The van der Waals surface area contributed by atoms with E-state index in [4.69, 9.17) is 10.5 Å². The SMILES string of the molecule is Cl.N[C@H](c1ccc2cc(O)ccc2c1)C1CCOCC1. The smallest absolute Gasteiger partial charge is 0.116 e. The average molecular weight is 294 g/mol. The Bertz CT molecular complexity index is 582. The molecular formula is C16H20ClNO2. The second-order valence-corrected chi connectivity index (χ2v) is 5.27. The summed E-state index contributed by atoms with van der Waals surface area (Å²) >= 11 is 0. The lowest BCUT2D eigenvalue weighted by Gasteiger charge is -2.28. The number of hydrogen-bond donors (Lipinski definition) is 2. The third-order valence-electron chi connectivity index (χ3n) is 4.01. The van der Waals surface area contributed by atoms with Crippen LogP contribution in [0.2, 0.25) is 0 Å². The molecule has 1 aliphatic heterocycles. The quantitative estimate of drug-likeness (QED) is 0.892. The summed E-state index contributed by atoms with van der Waals surface area (Å²) in [7, 11) is 0. The Hall–Kier alpha value is -1.29. The van der Waals surface area contributed by atoms with E-state index < -0.39 is 0 Å². The second-order valence-electron chi connectivity index (χ2n) is 5.27. The van der Waals surface area contributed by atoms with Crippen LogP contribution in [0.5, 0.6) is 5.75 Å². The third kappa shape index (κ3) is 3.06. The molecule has 1 aliphatic rings. The number of aromatic hydroxyl groups is 1. The first-order valence-electron chi connectivity index (χ1n) is 6.80. The van der Waals surface area contributed by atoms with Gasteiger partial charge in [-0.3, -0.25) is 0 Å². The van der Waals surface area contributed by atoms with Gasteiger partial charge in [-0.15, -0.1) is 12.4 Å². The van der Waals surface area contributed by atoms with Crippen molar-refractivity contribution in [3.05, 3.63) is 42.0 Å². The first-order chi connectivity index (χ1) is 9.24. The summed E-state index contributed by atoms with van der Waals surface area (Å²) in [5, 5.41) is 11.6. The lowest BCUT2D eigenvalue weighted by atomic mass is 9.87. The molecule has 0 aromatic heterocycles. The minimum Gasteiger partial charge on any atom is -0.508 e. The zero-order valence-electron chi connectivity index (χ0n) is 11.3. The summed E-state index contributed by atoms with van der Waals surface area (Å²) in [5.41, 5.74) is 7.56. The van der Waals surface area contributed by atoms with Gasteiger partial charge in [0.25, 0.3) is 0 Å². The Labute approximate surface area is 125 Å². The average Bonchev–Trinajstić information content (AvgIpc) is 2.47. The molecule has 0 spiro atoms. The molecule has 0 bridgehead atoms. The summed E-state index contributed by atoms with van der Waals surface area (Å²) in [6.45, 7) is 1.64. The van der Waals surface area contributed by atoms with Gasteiger partial charge in [0, 0.05) is 19.3 Å². The lowest BCUT2D eigenvalue weighted by Crippen LogP contribution is -2.27. The third-order valence-corrected chi connectivity index (χ3v) is 4.01. The molecule has 1 heterocycles.